The lowest BCUT2D eigenvalue weighted by Crippen LogP contribution is -2.23. The molecule has 1 rings (SSSR count). The van der Waals surface area contributed by atoms with E-state index in [0.29, 0.717) is 5.15 Å². The number of hydrogen-bond acceptors (Lipinski definition) is 2. The van der Waals surface area contributed by atoms with Crippen molar-refractivity contribution in [2.75, 3.05) is 0 Å². The predicted molar refractivity (Wildman–Crippen MR) is 51.5 cm³/mol. The number of halogens is 1. The van der Waals surface area contributed by atoms with Gasteiger partial charge in [-0.1, -0.05) is 17.7 Å². The summed E-state index contributed by atoms with van der Waals surface area (Å²) in [5, 5.41) is 3.21. The first-order valence-corrected chi connectivity index (χ1v) is 4.36. The number of nitrogens with one attached hydrogen (secondary N) is 1. The molecule has 1 aromatic heterocycles. The molecule has 0 aliphatic carbocycles. The molecule has 1 N–H and O–H groups in total. The first-order valence-electron chi connectivity index (χ1n) is 3.98. The monoisotopic (exact) mass is 198 g/mol. The molecule has 1 atom stereocenters. The zero-order chi connectivity index (χ0) is 9.84. The van der Waals surface area contributed by atoms with Crippen molar-refractivity contribution in [2.45, 2.75) is 19.9 Å². The van der Waals surface area contributed by atoms with Gasteiger partial charge in [0.2, 0.25) is 5.91 Å². The second-order valence-electron chi connectivity index (χ2n) is 2.84. The maximum atomic E-state index is 10.7. The van der Waals surface area contributed by atoms with Gasteiger partial charge < -0.3 is 5.32 Å². The second-order valence-corrected chi connectivity index (χ2v) is 3.22. The summed E-state index contributed by atoms with van der Waals surface area (Å²) in [5.74, 6) is -0.0533. The summed E-state index contributed by atoms with van der Waals surface area (Å²) < 4.78 is 0. The normalized spacial score (nSPS) is 12.2. The molecule has 1 amide bonds. The number of amides is 1. The van der Waals surface area contributed by atoms with Gasteiger partial charge in [-0.2, -0.15) is 0 Å². The smallest absolute Gasteiger partial charge is 0.217 e. The van der Waals surface area contributed by atoms with Gasteiger partial charge in [-0.3, -0.25) is 4.79 Å². The van der Waals surface area contributed by atoms with Crippen LogP contribution < -0.4 is 5.32 Å². The van der Waals surface area contributed by atoms with Crippen molar-refractivity contribution in [3.8, 4) is 0 Å². The number of pyridine rings is 1. The van der Waals surface area contributed by atoms with E-state index < -0.39 is 0 Å². The lowest BCUT2D eigenvalue weighted by Gasteiger charge is -2.11. The highest BCUT2D eigenvalue weighted by molar-refractivity contribution is 6.29. The molecule has 0 spiro atoms. The van der Waals surface area contributed by atoms with E-state index in [-0.39, 0.29) is 11.9 Å². The first kappa shape index (κ1) is 9.99. The Bertz CT molecular complexity index is 297. The number of carbonyl (C=O) groups excluding carboxylic acids is 1. The third-order valence-electron chi connectivity index (χ3n) is 1.67. The molecule has 1 aromatic rings. The summed E-state index contributed by atoms with van der Waals surface area (Å²) in [7, 11) is 0. The fourth-order valence-electron chi connectivity index (χ4n) is 1.03. The third-order valence-corrected chi connectivity index (χ3v) is 1.89. The summed E-state index contributed by atoms with van der Waals surface area (Å²) in [6.07, 6.45) is 1.66. The van der Waals surface area contributed by atoms with Gasteiger partial charge in [0.15, 0.2) is 0 Å². The SMILES string of the molecule is CC(=O)NC(C)c1ccc(Cl)nc1. The summed E-state index contributed by atoms with van der Waals surface area (Å²) in [5.41, 5.74) is 0.944. The molecule has 13 heavy (non-hydrogen) atoms. The molecule has 1 unspecified atom stereocenters. The van der Waals surface area contributed by atoms with Crippen molar-refractivity contribution in [3.05, 3.63) is 29.0 Å². The largest absolute Gasteiger partial charge is 0.350 e. The molecular weight excluding hydrogens is 188 g/mol. The van der Waals surface area contributed by atoms with E-state index in [2.05, 4.69) is 10.3 Å². The van der Waals surface area contributed by atoms with Gasteiger partial charge in [-0.25, -0.2) is 4.98 Å². The van der Waals surface area contributed by atoms with E-state index in [1.807, 2.05) is 13.0 Å². The number of rotatable bonds is 2. The molecule has 3 nitrogen and oxygen atoms in total. The van der Waals surface area contributed by atoms with Crippen LogP contribution in [0.25, 0.3) is 0 Å². The van der Waals surface area contributed by atoms with Crippen molar-refractivity contribution in [3.63, 3.8) is 0 Å². The standard InChI is InChI=1S/C9H11ClN2O/c1-6(12-7(2)13)8-3-4-9(10)11-5-8/h3-6H,1-2H3,(H,12,13). The van der Waals surface area contributed by atoms with Gasteiger partial charge in [-0.05, 0) is 18.6 Å². The predicted octanol–water partition coefficient (Wildman–Crippen LogP) is 1.93. The van der Waals surface area contributed by atoms with Crippen LogP contribution in [0, 0.1) is 0 Å². The van der Waals surface area contributed by atoms with Crippen LogP contribution in [0.5, 0.6) is 0 Å². The number of hydrogen-bond donors (Lipinski definition) is 1. The summed E-state index contributed by atoms with van der Waals surface area (Å²) in [4.78, 5) is 14.7. The van der Waals surface area contributed by atoms with Gasteiger partial charge in [-0.15, -0.1) is 0 Å². The van der Waals surface area contributed by atoms with Crippen LogP contribution >= 0.6 is 11.6 Å². The van der Waals surface area contributed by atoms with E-state index in [1.165, 1.54) is 6.92 Å². The molecule has 0 radical (unpaired) electrons. The lowest BCUT2D eigenvalue weighted by atomic mass is 10.1. The maximum Gasteiger partial charge on any atom is 0.217 e. The lowest BCUT2D eigenvalue weighted by molar-refractivity contribution is -0.119. The molecule has 0 saturated heterocycles. The van der Waals surface area contributed by atoms with Crippen LogP contribution in [0.4, 0.5) is 0 Å². The van der Waals surface area contributed by atoms with Crippen molar-refractivity contribution in [1.82, 2.24) is 10.3 Å². The summed E-state index contributed by atoms with van der Waals surface area (Å²) in [6.45, 7) is 3.38. The van der Waals surface area contributed by atoms with Crippen LogP contribution in [-0.4, -0.2) is 10.9 Å². The van der Waals surface area contributed by atoms with Gasteiger partial charge in [0.1, 0.15) is 5.15 Å². The summed E-state index contributed by atoms with van der Waals surface area (Å²) in [6, 6.07) is 3.52. The highest BCUT2D eigenvalue weighted by Crippen LogP contribution is 2.12. The Morgan fingerprint density at radius 2 is 2.31 bits per heavy atom. The summed E-state index contributed by atoms with van der Waals surface area (Å²) >= 11 is 5.62. The highest BCUT2D eigenvalue weighted by atomic mass is 35.5. The minimum absolute atomic E-state index is 0.0257. The molecule has 0 aliphatic rings. The topological polar surface area (TPSA) is 42.0 Å². The van der Waals surface area contributed by atoms with Gasteiger partial charge in [0.25, 0.3) is 0 Å². The molecule has 0 saturated carbocycles. The fraction of sp³-hybridized carbons (Fsp3) is 0.333. The number of aromatic nitrogens is 1. The van der Waals surface area contributed by atoms with Crippen molar-refractivity contribution in [2.24, 2.45) is 0 Å². The first-order chi connectivity index (χ1) is 6.09. The van der Waals surface area contributed by atoms with Crippen LogP contribution in [0.3, 0.4) is 0 Å². The number of carbonyl (C=O) groups is 1. The average molecular weight is 199 g/mol. The van der Waals surface area contributed by atoms with Crippen molar-refractivity contribution >= 4 is 17.5 Å². The van der Waals surface area contributed by atoms with E-state index in [4.69, 9.17) is 11.6 Å². The molecule has 70 valence electrons. The van der Waals surface area contributed by atoms with E-state index in [1.54, 1.807) is 12.3 Å². The zero-order valence-corrected chi connectivity index (χ0v) is 8.30. The minimum atomic E-state index is -0.0533. The Hall–Kier alpha value is -1.09. The molecule has 4 heteroatoms. The molecule has 1 heterocycles. The molecule has 0 bridgehead atoms. The Morgan fingerprint density at radius 1 is 1.62 bits per heavy atom. The zero-order valence-electron chi connectivity index (χ0n) is 7.54. The quantitative estimate of drug-likeness (QED) is 0.738. The van der Waals surface area contributed by atoms with Crippen LogP contribution in [0.2, 0.25) is 5.15 Å². The maximum absolute atomic E-state index is 10.7. The molecule has 0 aliphatic heterocycles. The van der Waals surface area contributed by atoms with Crippen LogP contribution in [0.15, 0.2) is 18.3 Å². The van der Waals surface area contributed by atoms with E-state index >= 15 is 0 Å². The third kappa shape index (κ3) is 3.03. The van der Waals surface area contributed by atoms with Crippen LogP contribution in [-0.2, 0) is 4.79 Å². The molecule has 0 aromatic carbocycles. The second kappa shape index (κ2) is 4.23. The van der Waals surface area contributed by atoms with Gasteiger partial charge >= 0.3 is 0 Å². The fourth-order valence-corrected chi connectivity index (χ4v) is 1.14. The van der Waals surface area contributed by atoms with Crippen molar-refractivity contribution in [1.29, 1.82) is 0 Å². The minimum Gasteiger partial charge on any atom is -0.350 e. The van der Waals surface area contributed by atoms with E-state index in [9.17, 15) is 4.79 Å². The molecular formula is C9H11ClN2O. The Kier molecular flexibility index (Phi) is 3.25. The Balaban J connectivity index is 2.71. The Morgan fingerprint density at radius 3 is 2.77 bits per heavy atom. The van der Waals surface area contributed by atoms with Gasteiger partial charge in [0.05, 0.1) is 6.04 Å². The van der Waals surface area contributed by atoms with Gasteiger partial charge in [0, 0.05) is 13.1 Å². The van der Waals surface area contributed by atoms with Crippen molar-refractivity contribution < 1.29 is 4.79 Å². The van der Waals surface area contributed by atoms with Crippen LogP contribution in [0.1, 0.15) is 25.5 Å². The Labute approximate surface area is 82.1 Å². The highest BCUT2D eigenvalue weighted by Gasteiger charge is 2.05. The molecule has 0 fully saturated rings. The average Bonchev–Trinajstić information content (AvgIpc) is 2.04. The number of nitrogens with zero attached hydrogens (tertiary/aromatic N) is 1. The van der Waals surface area contributed by atoms with E-state index in [0.717, 1.165) is 5.56 Å².